The van der Waals surface area contributed by atoms with Crippen molar-refractivity contribution in [2.24, 2.45) is 11.7 Å². The van der Waals surface area contributed by atoms with Crippen molar-refractivity contribution in [3.63, 3.8) is 0 Å². The second-order valence-corrected chi connectivity index (χ2v) is 5.93. The van der Waals surface area contributed by atoms with Gasteiger partial charge in [-0.05, 0) is 12.0 Å². The molecule has 2 rings (SSSR count). The van der Waals surface area contributed by atoms with Gasteiger partial charge in [-0.15, -0.1) is 0 Å². The number of rotatable bonds is 5. The third-order valence-electron chi connectivity index (χ3n) is 4.40. The average molecular weight is 320 g/mol. The summed E-state index contributed by atoms with van der Waals surface area (Å²) < 4.78 is 0. The molecule has 7 nitrogen and oxygen atoms in total. The Bertz CT molecular complexity index is 529. The minimum atomic E-state index is -0.652. The number of amides is 3. The number of piperazine rings is 1. The molecule has 0 aliphatic carbocycles. The summed E-state index contributed by atoms with van der Waals surface area (Å²) in [5.41, 5.74) is 5.22. The highest BCUT2D eigenvalue weighted by Gasteiger charge is 2.33. The van der Waals surface area contributed by atoms with Gasteiger partial charge in [0.1, 0.15) is 19.1 Å². The van der Waals surface area contributed by atoms with Gasteiger partial charge in [0.05, 0.1) is 19.3 Å². The first-order chi connectivity index (χ1) is 11.0. The quantitative estimate of drug-likeness (QED) is 0.813. The van der Waals surface area contributed by atoms with Crippen LogP contribution in [0.25, 0.3) is 0 Å². The largest absolute Gasteiger partial charge is 0.352 e. The van der Waals surface area contributed by atoms with Crippen molar-refractivity contribution in [3.05, 3.63) is 24.4 Å². The third kappa shape index (κ3) is 4.34. The van der Waals surface area contributed by atoms with Crippen LogP contribution in [0.15, 0.2) is 24.4 Å². The first-order valence-corrected chi connectivity index (χ1v) is 8.09. The molecular formula is C16H26N5O2+. The summed E-state index contributed by atoms with van der Waals surface area (Å²) in [7, 11) is 0. The van der Waals surface area contributed by atoms with Crippen molar-refractivity contribution in [3.8, 4) is 0 Å². The number of hydrogen-bond donors (Lipinski definition) is 2. The Morgan fingerprint density at radius 2 is 2.00 bits per heavy atom. The number of pyridine rings is 1. The lowest BCUT2D eigenvalue weighted by Crippen LogP contribution is -2.57. The maximum Gasteiger partial charge on any atom is 0.312 e. The lowest BCUT2D eigenvalue weighted by Gasteiger charge is -2.34. The van der Waals surface area contributed by atoms with Gasteiger partial charge in [-0.2, -0.15) is 0 Å². The SMILES string of the molecule is CC[C@H](C)[C@H](NC(N)=O)C(=O)N1CCN(c2cccc[nH+]2)CC1. The van der Waals surface area contributed by atoms with E-state index >= 15 is 0 Å². The molecule has 3 amide bonds. The number of nitrogens with one attached hydrogen (secondary N) is 2. The van der Waals surface area contributed by atoms with Crippen LogP contribution in [0.5, 0.6) is 0 Å². The molecule has 23 heavy (non-hydrogen) atoms. The second kappa shape index (κ2) is 7.80. The molecule has 1 aliphatic heterocycles. The molecule has 4 N–H and O–H groups in total. The number of urea groups is 1. The van der Waals surface area contributed by atoms with E-state index in [1.54, 1.807) is 0 Å². The molecule has 126 valence electrons. The fourth-order valence-electron chi connectivity index (χ4n) is 2.78. The molecule has 1 aromatic heterocycles. The van der Waals surface area contributed by atoms with Crippen LogP contribution in [-0.2, 0) is 4.79 Å². The van der Waals surface area contributed by atoms with Crippen LogP contribution >= 0.6 is 0 Å². The predicted molar refractivity (Wildman–Crippen MR) is 87.8 cm³/mol. The summed E-state index contributed by atoms with van der Waals surface area (Å²) >= 11 is 0. The molecule has 0 aromatic carbocycles. The number of aromatic nitrogens is 1. The van der Waals surface area contributed by atoms with E-state index in [-0.39, 0.29) is 11.8 Å². The minimum absolute atomic E-state index is 0.0464. The Kier molecular flexibility index (Phi) is 5.78. The van der Waals surface area contributed by atoms with Crippen molar-refractivity contribution in [1.29, 1.82) is 0 Å². The summed E-state index contributed by atoms with van der Waals surface area (Å²) in [6, 6.07) is 4.75. The lowest BCUT2D eigenvalue weighted by atomic mass is 9.97. The van der Waals surface area contributed by atoms with Gasteiger partial charge in [0, 0.05) is 6.07 Å². The summed E-state index contributed by atoms with van der Waals surface area (Å²) in [6.07, 6.45) is 2.69. The zero-order valence-corrected chi connectivity index (χ0v) is 13.8. The smallest absolute Gasteiger partial charge is 0.312 e. The zero-order valence-electron chi connectivity index (χ0n) is 13.8. The van der Waals surface area contributed by atoms with E-state index in [0.29, 0.717) is 13.1 Å². The first kappa shape index (κ1) is 17.1. The van der Waals surface area contributed by atoms with Crippen LogP contribution in [0.2, 0.25) is 0 Å². The van der Waals surface area contributed by atoms with Crippen LogP contribution in [0.4, 0.5) is 10.6 Å². The molecule has 1 fully saturated rings. The Labute approximate surface area is 136 Å². The van der Waals surface area contributed by atoms with Gasteiger partial charge >= 0.3 is 6.03 Å². The van der Waals surface area contributed by atoms with E-state index in [9.17, 15) is 9.59 Å². The highest BCUT2D eigenvalue weighted by atomic mass is 16.2. The Morgan fingerprint density at radius 3 is 2.52 bits per heavy atom. The number of carbonyl (C=O) groups excluding carboxylic acids is 2. The van der Waals surface area contributed by atoms with E-state index in [4.69, 9.17) is 5.73 Å². The van der Waals surface area contributed by atoms with Gasteiger partial charge < -0.3 is 16.0 Å². The van der Waals surface area contributed by atoms with Crippen LogP contribution in [0.3, 0.4) is 0 Å². The predicted octanol–water partition coefficient (Wildman–Crippen LogP) is 0.232. The molecule has 0 bridgehead atoms. The number of anilines is 1. The summed E-state index contributed by atoms with van der Waals surface area (Å²) in [5.74, 6) is 1.05. The Balaban J connectivity index is 1.97. The number of H-pyrrole nitrogens is 1. The molecule has 2 atom stereocenters. The molecular weight excluding hydrogens is 294 g/mol. The fraction of sp³-hybridized carbons (Fsp3) is 0.562. The summed E-state index contributed by atoms with van der Waals surface area (Å²) in [5, 5.41) is 2.60. The summed E-state index contributed by atoms with van der Waals surface area (Å²) in [4.78, 5) is 31.1. The van der Waals surface area contributed by atoms with Crippen molar-refractivity contribution >= 4 is 17.8 Å². The number of nitrogens with two attached hydrogens (primary N) is 1. The van der Waals surface area contributed by atoms with Gasteiger partial charge in [-0.25, -0.2) is 9.78 Å². The number of aromatic amines is 1. The monoisotopic (exact) mass is 320 g/mol. The van der Waals surface area contributed by atoms with E-state index in [2.05, 4.69) is 15.2 Å². The lowest BCUT2D eigenvalue weighted by molar-refractivity contribution is -0.364. The maximum atomic E-state index is 12.7. The van der Waals surface area contributed by atoms with Crippen LogP contribution in [0, 0.1) is 5.92 Å². The fourth-order valence-corrected chi connectivity index (χ4v) is 2.78. The van der Waals surface area contributed by atoms with Gasteiger partial charge in [0.2, 0.25) is 5.91 Å². The number of hydrogen-bond acceptors (Lipinski definition) is 3. The van der Waals surface area contributed by atoms with Gasteiger partial charge in [0.25, 0.3) is 5.82 Å². The van der Waals surface area contributed by atoms with Gasteiger partial charge in [-0.1, -0.05) is 26.3 Å². The Hall–Kier alpha value is -2.31. The Morgan fingerprint density at radius 1 is 1.30 bits per heavy atom. The highest BCUT2D eigenvalue weighted by molar-refractivity contribution is 5.87. The topological polar surface area (TPSA) is 92.8 Å². The second-order valence-electron chi connectivity index (χ2n) is 5.93. The average Bonchev–Trinajstić information content (AvgIpc) is 2.59. The zero-order chi connectivity index (χ0) is 16.8. The molecule has 2 heterocycles. The van der Waals surface area contributed by atoms with Crippen molar-refractivity contribution in [2.45, 2.75) is 26.3 Å². The molecule has 7 heteroatoms. The van der Waals surface area contributed by atoms with Crippen LogP contribution in [0.1, 0.15) is 20.3 Å². The normalized spacial score (nSPS) is 17.5. The third-order valence-corrected chi connectivity index (χ3v) is 4.40. The van der Waals surface area contributed by atoms with E-state index in [0.717, 1.165) is 25.3 Å². The standard InChI is InChI=1S/C16H25N5O2/c1-3-12(2)14(19-16(17)23)15(22)21-10-8-20(9-11-21)13-6-4-5-7-18-13/h4-7,12,14H,3,8-11H2,1-2H3,(H3,17,19,23)/p+1/t12-,14-/m0/s1. The molecule has 1 saturated heterocycles. The van der Waals surface area contributed by atoms with Crippen molar-refractivity contribution < 1.29 is 14.6 Å². The highest BCUT2D eigenvalue weighted by Crippen LogP contribution is 2.14. The van der Waals surface area contributed by atoms with Crippen molar-refractivity contribution in [1.82, 2.24) is 10.2 Å². The molecule has 0 saturated carbocycles. The van der Waals surface area contributed by atoms with Crippen LogP contribution < -0.4 is 20.9 Å². The van der Waals surface area contributed by atoms with Crippen molar-refractivity contribution in [2.75, 3.05) is 31.1 Å². The van der Waals surface area contributed by atoms with E-state index in [1.807, 2.05) is 43.1 Å². The number of primary amides is 1. The maximum absolute atomic E-state index is 12.7. The molecule has 0 radical (unpaired) electrons. The van der Waals surface area contributed by atoms with E-state index < -0.39 is 12.1 Å². The van der Waals surface area contributed by atoms with Gasteiger partial charge in [-0.3, -0.25) is 9.69 Å². The first-order valence-electron chi connectivity index (χ1n) is 8.09. The molecule has 1 aliphatic rings. The van der Waals surface area contributed by atoms with E-state index in [1.165, 1.54) is 0 Å². The summed E-state index contributed by atoms with van der Waals surface area (Å²) in [6.45, 7) is 6.74. The molecule has 1 aromatic rings. The van der Waals surface area contributed by atoms with Crippen LogP contribution in [-0.4, -0.2) is 49.1 Å². The number of carbonyl (C=O) groups is 2. The minimum Gasteiger partial charge on any atom is -0.352 e. The molecule has 0 spiro atoms. The molecule has 0 unspecified atom stereocenters. The van der Waals surface area contributed by atoms with Gasteiger partial charge in [0.15, 0.2) is 0 Å². The number of nitrogens with zero attached hydrogens (tertiary/aromatic N) is 2.